The molecule has 0 atom stereocenters. The van der Waals surface area contributed by atoms with Gasteiger partial charge in [-0.2, -0.15) is 13.2 Å². The van der Waals surface area contributed by atoms with Crippen molar-refractivity contribution < 1.29 is 22.6 Å². The molecule has 0 saturated carbocycles. The number of methoxy groups -OCH3 is 2. The largest absolute Gasteiger partial charge is 0.493 e. The minimum Gasteiger partial charge on any atom is -0.493 e. The number of anilines is 1. The highest BCUT2D eigenvalue weighted by Crippen LogP contribution is 2.36. The van der Waals surface area contributed by atoms with Crippen molar-refractivity contribution in [1.82, 2.24) is 9.97 Å². The predicted molar refractivity (Wildman–Crippen MR) is 85.0 cm³/mol. The summed E-state index contributed by atoms with van der Waals surface area (Å²) in [6.45, 7) is 0. The average Bonchev–Trinajstić information content (AvgIpc) is 2.53. The molecule has 0 unspecified atom stereocenters. The Bertz CT molecular complexity index is 724. The van der Waals surface area contributed by atoms with Gasteiger partial charge >= 0.3 is 6.18 Å². The van der Waals surface area contributed by atoms with Crippen LogP contribution in [-0.4, -0.2) is 38.3 Å². The Kier molecular flexibility index (Phi) is 5.43. The summed E-state index contributed by atoms with van der Waals surface area (Å²) in [5.41, 5.74) is -0.982. The molecule has 0 amide bonds. The predicted octanol–water partition coefficient (Wildman–Crippen LogP) is 3.73. The lowest BCUT2D eigenvalue weighted by atomic mass is 10.3. The van der Waals surface area contributed by atoms with Gasteiger partial charge in [0, 0.05) is 25.1 Å². The van der Waals surface area contributed by atoms with Gasteiger partial charge < -0.3 is 14.4 Å². The van der Waals surface area contributed by atoms with Gasteiger partial charge in [-0.05, 0) is 30.0 Å². The highest BCUT2D eigenvalue weighted by atomic mass is 32.2. The third-order valence-electron chi connectivity index (χ3n) is 3.00. The van der Waals surface area contributed by atoms with E-state index in [1.54, 1.807) is 32.3 Å². The highest BCUT2D eigenvalue weighted by Gasteiger charge is 2.34. The van der Waals surface area contributed by atoms with Crippen LogP contribution < -0.4 is 14.4 Å². The van der Waals surface area contributed by atoms with Crippen LogP contribution in [0.3, 0.4) is 0 Å². The zero-order chi connectivity index (χ0) is 17.9. The summed E-state index contributed by atoms with van der Waals surface area (Å²) in [6.07, 6.45) is -4.54. The van der Waals surface area contributed by atoms with Gasteiger partial charge in [-0.15, -0.1) is 0 Å². The molecule has 9 heteroatoms. The quantitative estimate of drug-likeness (QED) is 0.758. The number of hydrogen-bond donors (Lipinski definition) is 0. The molecule has 0 saturated heterocycles. The fourth-order valence-electron chi connectivity index (χ4n) is 1.82. The zero-order valence-corrected chi connectivity index (χ0v) is 14.3. The normalized spacial score (nSPS) is 11.3. The third-order valence-corrected chi connectivity index (χ3v) is 3.86. The number of aromatic nitrogens is 2. The first kappa shape index (κ1) is 18.2. The van der Waals surface area contributed by atoms with E-state index in [9.17, 15) is 13.2 Å². The van der Waals surface area contributed by atoms with E-state index < -0.39 is 11.9 Å². The van der Waals surface area contributed by atoms with Crippen molar-refractivity contribution in [2.45, 2.75) is 16.2 Å². The van der Waals surface area contributed by atoms with Gasteiger partial charge in [0.05, 0.1) is 14.2 Å². The SMILES string of the molecule is COc1ccc(Sc2nc(N(C)C)cc(C(F)(F)F)n2)cc1OC. The molecule has 0 radical (unpaired) electrons. The Morgan fingerprint density at radius 2 is 1.67 bits per heavy atom. The molecule has 1 heterocycles. The first-order chi connectivity index (χ1) is 11.2. The average molecular weight is 359 g/mol. The number of rotatable bonds is 5. The molecule has 5 nitrogen and oxygen atoms in total. The number of halogens is 3. The Labute approximate surface area is 141 Å². The molecule has 130 valence electrons. The van der Waals surface area contributed by atoms with Crippen molar-refractivity contribution in [1.29, 1.82) is 0 Å². The first-order valence-electron chi connectivity index (χ1n) is 6.78. The van der Waals surface area contributed by atoms with E-state index in [2.05, 4.69) is 9.97 Å². The Balaban J connectivity index is 2.40. The summed E-state index contributed by atoms with van der Waals surface area (Å²) >= 11 is 1.01. The zero-order valence-electron chi connectivity index (χ0n) is 13.5. The second-order valence-corrected chi connectivity index (χ2v) is 5.95. The maximum atomic E-state index is 13.0. The molecule has 0 bridgehead atoms. The lowest BCUT2D eigenvalue weighted by Crippen LogP contribution is -2.16. The summed E-state index contributed by atoms with van der Waals surface area (Å²) in [5.74, 6) is 1.18. The summed E-state index contributed by atoms with van der Waals surface area (Å²) in [5, 5.41) is 0.000690. The van der Waals surface area contributed by atoms with Crippen molar-refractivity contribution >= 4 is 17.6 Å². The number of benzene rings is 1. The molecule has 1 aromatic heterocycles. The molecular weight excluding hydrogens is 343 g/mol. The molecule has 0 aliphatic heterocycles. The van der Waals surface area contributed by atoms with Crippen LogP contribution in [-0.2, 0) is 6.18 Å². The monoisotopic (exact) mass is 359 g/mol. The second-order valence-electron chi connectivity index (χ2n) is 4.90. The van der Waals surface area contributed by atoms with Gasteiger partial charge in [-0.1, -0.05) is 0 Å². The Hall–Kier alpha value is -2.16. The molecule has 0 fully saturated rings. The van der Waals surface area contributed by atoms with E-state index in [4.69, 9.17) is 9.47 Å². The Morgan fingerprint density at radius 3 is 2.21 bits per heavy atom. The van der Waals surface area contributed by atoms with Crippen LogP contribution in [0, 0.1) is 0 Å². The van der Waals surface area contributed by atoms with Crippen LogP contribution >= 0.6 is 11.8 Å². The fraction of sp³-hybridized carbons (Fsp3) is 0.333. The highest BCUT2D eigenvalue weighted by molar-refractivity contribution is 7.99. The molecule has 0 aliphatic carbocycles. The number of hydrogen-bond acceptors (Lipinski definition) is 6. The smallest absolute Gasteiger partial charge is 0.433 e. The molecule has 0 spiro atoms. The van der Waals surface area contributed by atoms with Gasteiger partial charge in [0.2, 0.25) is 0 Å². The van der Waals surface area contributed by atoms with E-state index in [0.717, 1.165) is 17.8 Å². The third kappa shape index (κ3) is 4.22. The van der Waals surface area contributed by atoms with Crippen LogP contribution in [0.2, 0.25) is 0 Å². The molecule has 1 aromatic carbocycles. The van der Waals surface area contributed by atoms with Crippen LogP contribution in [0.1, 0.15) is 5.69 Å². The van der Waals surface area contributed by atoms with Gasteiger partial charge in [-0.3, -0.25) is 0 Å². The minimum absolute atomic E-state index is 0.000690. The summed E-state index contributed by atoms with van der Waals surface area (Å²) in [6, 6.07) is 5.94. The van der Waals surface area contributed by atoms with E-state index >= 15 is 0 Å². The molecule has 2 rings (SSSR count). The van der Waals surface area contributed by atoms with Crippen LogP contribution in [0.4, 0.5) is 19.0 Å². The van der Waals surface area contributed by atoms with Gasteiger partial charge in [0.25, 0.3) is 0 Å². The standard InChI is InChI=1S/C15H16F3N3O2S/c1-21(2)13-8-12(15(16,17)18)19-14(20-13)24-9-5-6-10(22-3)11(7-9)23-4/h5-8H,1-4H3. The maximum Gasteiger partial charge on any atom is 0.433 e. The van der Waals surface area contributed by atoms with Crippen molar-refractivity contribution in [2.24, 2.45) is 0 Å². The van der Waals surface area contributed by atoms with Gasteiger partial charge in [0.15, 0.2) is 22.3 Å². The second kappa shape index (κ2) is 7.16. The molecule has 24 heavy (non-hydrogen) atoms. The number of nitrogens with zero attached hydrogens (tertiary/aromatic N) is 3. The first-order valence-corrected chi connectivity index (χ1v) is 7.59. The lowest BCUT2D eigenvalue weighted by molar-refractivity contribution is -0.141. The van der Waals surface area contributed by atoms with Gasteiger partial charge in [-0.25, -0.2) is 9.97 Å². The van der Waals surface area contributed by atoms with Crippen LogP contribution in [0.5, 0.6) is 11.5 Å². The summed E-state index contributed by atoms with van der Waals surface area (Å²) in [4.78, 5) is 9.89. The molecular formula is C15H16F3N3O2S. The van der Waals surface area contributed by atoms with Gasteiger partial charge in [0.1, 0.15) is 5.82 Å². The van der Waals surface area contributed by atoms with E-state index in [1.165, 1.54) is 19.1 Å². The van der Waals surface area contributed by atoms with E-state index in [1.807, 2.05) is 0 Å². The maximum absolute atomic E-state index is 13.0. The lowest BCUT2D eigenvalue weighted by Gasteiger charge is -2.15. The van der Waals surface area contributed by atoms with Crippen molar-refractivity contribution in [3.8, 4) is 11.5 Å². The summed E-state index contributed by atoms with van der Waals surface area (Å²) < 4.78 is 49.4. The summed E-state index contributed by atoms with van der Waals surface area (Å²) in [7, 11) is 6.22. The van der Waals surface area contributed by atoms with Crippen LogP contribution in [0.15, 0.2) is 34.3 Å². The molecule has 2 aromatic rings. The number of ether oxygens (including phenoxy) is 2. The van der Waals surface area contributed by atoms with Crippen molar-refractivity contribution in [3.63, 3.8) is 0 Å². The Morgan fingerprint density at radius 1 is 1.00 bits per heavy atom. The van der Waals surface area contributed by atoms with Crippen LogP contribution in [0.25, 0.3) is 0 Å². The number of alkyl halides is 3. The van der Waals surface area contributed by atoms with Crippen molar-refractivity contribution in [3.05, 3.63) is 30.0 Å². The van der Waals surface area contributed by atoms with E-state index in [0.29, 0.717) is 16.4 Å². The molecule has 0 aliphatic rings. The topological polar surface area (TPSA) is 47.5 Å². The molecule has 0 N–H and O–H groups in total. The van der Waals surface area contributed by atoms with E-state index in [-0.39, 0.29) is 11.0 Å². The fourth-order valence-corrected chi connectivity index (χ4v) is 2.61. The minimum atomic E-state index is -4.54. The van der Waals surface area contributed by atoms with Crippen molar-refractivity contribution in [2.75, 3.05) is 33.2 Å².